The first-order valence-corrected chi connectivity index (χ1v) is 8.55. The van der Waals surface area contributed by atoms with Crippen LogP contribution in [0.15, 0.2) is 5.38 Å². The number of hydrogen-bond acceptors (Lipinski definition) is 5. The molecule has 0 radical (unpaired) electrons. The second-order valence-electron chi connectivity index (χ2n) is 5.32. The molecule has 1 atom stereocenters. The van der Waals surface area contributed by atoms with Crippen molar-refractivity contribution in [3.8, 4) is 0 Å². The van der Waals surface area contributed by atoms with E-state index in [0.717, 1.165) is 31.5 Å². The minimum absolute atomic E-state index is 0.0893. The van der Waals surface area contributed by atoms with Crippen molar-refractivity contribution >= 4 is 28.9 Å². The SMILES string of the molecule is CCCN(CCC)C(C)C(=O)Nc1c(C)csc1C(=O)OC. The largest absolute Gasteiger partial charge is 0.465 e. The van der Waals surface area contributed by atoms with Gasteiger partial charge < -0.3 is 10.1 Å². The first-order valence-electron chi connectivity index (χ1n) is 7.67. The molecule has 0 bridgehead atoms. The number of aryl methyl sites for hydroxylation is 1. The second-order valence-corrected chi connectivity index (χ2v) is 6.20. The van der Waals surface area contributed by atoms with E-state index in [4.69, 9.17) is 4.74 Å². The van der Waals surface area contributed by atoms with Gasteiger partial charge in [0.05, 0.1) is 18.8 Å². The fraction of sp³-hybridized carbons (Fsp3) is 0.625. The molecule has 1 heterocycles. The van der Waals surface area contributed by atoms with E-state index in [1.807, 2.05) is 19.2 Å². The van der Waals surface area contributed by atoms with Gasteiger partial charge in [-0.3, -0.25) is 9.69 Å². The molecule has 0 aromatic carbocycles. The van der Waals surface area contributed by atoms with Gasteiger partial charge in [0.2, 0.25) is 5.91 Å². The zero-order chi connectivity index (χ0) is 16.7. The Bertz CT molecular complexity index is 507. The summed E-state index contributed by atoms with van der Waals surface area (Å²) in [6.07, 6.45) is 2.00. The van der Waals surface area contributed by atoms with Crippen LogP contribution in [0.3, 0.4) is 0 Å². The van der Waals surface area contributed by atoms with Gasteiger partial charge in [0.1, 0.15) is 4.88 Å². The number of thiophene rings is 1. The standard InChI is InChI=1S/C16H26N2O3S/c1-6-8-18(9-7-2)12(4)15(19)17-13-11(3)10-22-14(13)16(20)21-5/h10,12H,6-9H2,1-5H3,(H,17,19). The van der Waals surface area contributed by atoms with Gasteiger partial charge in [0, 0.05) is 0 Å². The van der Waals surface area contributed by atoms with Gasteiger partial charge in [-0.1, -0.05) is 13.8 Å². The maximum atomic E-state index is 12.5. The molecule has 0 aliphatic carbocycles. The average molecular weight is 326 g/mol. The molecule has 124 valence electrons. The number of esters is 1. The van der Waals surface area contributed by atoms with E-state index in [0.29, 0.717) is 10.6 Å². The average Bonchev–Trinajstić information content (AvgIpc) is 2.86. The summed E-state index contributed by atoms with van der Waals surface area (Å²) in [5.41, 5.74) is 1.45. The number of nitrogens with zero attached hydrogens (tertiary/aromatic N) is 1. The lowest BCUT2D eigenvalue weighted by atomic mass is 10.2. The first kappa shape index (κ1) is 18.6. The van der Waals surface area contributed by atoms with Crippen LogP contribution in [0.4, 0.5) is 5.69 Å². The van der Waals surface area contributed by atoms with Crippen LogP contribution >= 0.6 is 11.3 Å². The third kappa shape index (κ3) is 4.55. The number of methoxy groups -OCH3 is 1. The summed E-state index contributed by atoms with van der Waals surface area (Å²) in [4.78, 5) is 26.9. The van der Waals surface area contributed by atoms with Gasteiger partial charge in [0.15, 0.2) is 0 Å². The molecule has 1 aromatic rings. The first-order chi connectivity index (χ1) is 10.5. The van der Waals surface area contributed by atoms with Crippen LogP contribution in [-0.2, 0) is 9.53 Å². The van der Waals surface area contributed by atoms with Gasteiger partial charge in [0.25, 0.3) is 0 Å². The van der Waals surface area contributed by atoms with Crippen LogP contribution in [0, 0.1) is 6.92 Å². The van der Waals surface area contributed by atoms with Crippen molar-refractivity contribution in [1.29, 1.82) is 0 Å². The Labute approximate surface area is 136 Å². The van der Waals surface area contributed by atoms with Crippen LogP contribution in [0.2, 0.25) is 0 Å². The van der Waals surface area contributed by atoms with Crippen LogP contribution in [0.1, 0.15) is 48.8 Å². The topological polar surface area (TPSA) is 58.6 Å². The Hall–Kier alpha value is -1.40. The Morgan fingerprint density at radius 1 is 1.32 bits per heavy atom. The number of anilines is 1. The predicted molar refractivity (Wildman–Crippen MR) is 90.6 cm³/mol. The van der Waals surface area contributed by atoms with Crippen molar-refractivity contribution in [2.75, 3.05) is 25.5 Å². The highest BCUT2D eigenvalue weighted by atomic mass is 32.1. The lowest BCUT2D eigenvalue weighted by molar-refractivity contribution is -0.120. The van der Waals surface area contributed by atoms with Gasteiger partial charge in [-0.05, 0) is 50.7 Å². The summed E-state index contributed by atoms with van der Waals surface area (Å²) in [7, 11) is 1.34. The van der Waals surface area contributed by atoms with E-state index in [1.165, 1.54) is 18.4 Å². The highest BCUT2D eigenvalue weighted by molar-refractivity contribution is 7.12. The van der Waals surface area contributed by atoms with Crippen molar-refractivity contribution in [2.45, 2.75) is 46.6 Å². The Morgan fingerprint density at radius 3 is 2.41 bits per heavy atom. The van der Waals surface area contributed by atoms with Gasteiger partial charge in [-0.15, -0.1) is 11.3 Å². The fourth-order valence-electron chi connectivity index (χ4n) is 2.31. The normalized spacial score (nSPS) is 12.3. The maximum absolute atomic E-state index is 12.5. The maximum Gasteiger partial charge on any atom is 0.350 e. The van der Waals surface area contributed by atoms with E-state index in [-0.39, 0.29) is 11.9 Å². The van der Waals surface area contributed by atoms with Crippen LogP contribution in [-0.4, -0.2) is 43.0 Å². The van der Waals surface area contributed by atoms with E-state index in [9.17, 15) is 9.59 Å². The Balaban J connectivity index is 2.87. The lowest BCUT2D eigenvalue weighted by Gasteiger charge is -2.27. The summed E-state index contributed by atoms with van der Waals surface area (Å²) >= 11 is 1.29. The predicted octanol–water partition coefficient (Wildman–Crippen LogP) is 3.29. The number of nitrogens with one attached hydrogen (secondary N) is 1. The molecule has 6 heteroatoms. The molecule has 0 spiro atoms. The number of carbonyl (C=O) groups is 2. The molecule has 5 nitrogen and oxygen atoms in total. The molecule has 0 saturated carbocycles. The Morgan fingerprint density at radius 2 is 1.91 bits per heavy atom. The number of amides is 1. The molecule has 1 aromatic heterocycles. The molecule has 0 fully saturated rings. The van der Waals surface area contributed by atoms with Crippen LogP contribution in [0.5, 0.6) is 0 Å². The number of ether oxygens (including phenoxy) is 1. The summed E-state index contributed by atoms with van der Waals surface area (Å²) in [6.45, 7) is 9.75. The molecule has 1 N–H and O–H groups in total. The molecule has 1 unspecified atom stereocenters. The van der Waals surface area contributed by atoms with Crippen molar-refractivity contribution in [3.05, 3.63) is 15.8 Å². The van der Waals surface area contributed by atoms with Crippen LogP contribution in [0.25, 0.3) is 0 Å². The zero-order valence-electron chi connectivity index (χ0n) is 14.1. The monoisotopic (exact) mass is 326 g/mol. The summed E-state index contributed by atoms with van der Waals surface area (Å²) in [6, 6.07) is -0.232. The number of rotatable bonds is 8. The molecular weight excluding hydrogens is 300 g/mol. The van der Waals surface area contributed by atoms with Crippen molar-refractivity contribution in [1.82, 2.24) is 4.90 Å². The molecule has 1 amide bonds. The van der Waals surface area contributed by atoms with E-state index in [2.05, 4.69) is 24.1 Å². The molecule has 0 aliphatic rings. The van der Waals surface area contributed by atoms with E-state index >= 15 is 0 Å². The van der Waals surface area contributed by atoms with E-state index in [1.54, 1.807) is 0 Å². The highest BCUT2D eigenvalue weighted by Crippen LogP contribution is 2.28. The quantitative estimate of drug-likeness (QED) is 0.745. The van der Waals surface area contributed by atoms with Crippen LogP contribution < -0.4 is 5.32 Å². The summed E-state index contributed by atoms with van der Waals surface area (Å²) in [5, 5.41) is 4.75. The highest BCUT2D eigenvalue weighted by Gasteiger charge is 2.24. The van der Waals surface area contributed by atoms with E-state index < -0.39 is 5.97 Å². The number of carbonyl (C=O) groups excluding carboxylic acids is 2. The second kappa shape index (κ2) is 8.90. The minimum atomic E-state index is -0.417. The van der Waals surface area contributed by atoms with Gasteiger partial charge in [-0.2, -0.15) is 0 Å². The van der Waals surface area contributed by atoms with Gasteiger partial charge in [-0.25, -0.2) is 4.79 Å². The van der Waals surface area contributed by atoms with Crippen molar-refractivity contribution in [2.24, 2.45) is 0 Å². The smallest absolute Gasteiger partial charge is 0.350 e. The molecular formula is C16H26N2O3S. The Kier molecular flexibility index (Phi) is 7.55. The third-order valence-corrected chi connectivity index (χ3v) is 4.62. The van der Waals surface area contributed by atoms with Crippen molar-refractivity contribution < 1.29 is 14.3 Å². The minimum Gasteiger partial charge on any atom is -0.465 e. The molecule has 22 heavy (non-hydrogen) atoms. The summed E-state index contributed by atoms with van der Waals surface area (Å²) in [5.74, 6) is -0.506. The lowest BCUT2D eigenvalue weighted by Crippen LogP contribution is -2.43. The number of hydrogen-bond donors (Lipinski definition) is 1. The summed E-state index contributed by atoms with van der Waals surface area (Å²) < 4.78 is 4.77. The van der Waals surface area contributed by atoms with Crippen molar-refractivity contribution in [3.63, 3.8) is 0 Å². The van der Waals surface area contributed by atoms with Gasteiger partial charge >= 0.3 is 5.97 Å². The fourth-order valence-corrected chi connectivity index (χ4v) is 3.23. The molecule has 0 saturated heterocycles. The molecule has 0 aliphatic heterocycles. The third-order valence-electron chi connectivity index (χ3n) is 3.54. The molecule has 1 rings (SSSR count). The zero-order valence-corrected chi connectivity index (χ0v) is 14.9.